The quantitative estimate of drug-likeness (QED) is 0.0125. The van der Waals surface area contributed by atoms with Gasteiger partial charge in [-0.25, -0.2) is 0 Å². The zero-order valence-corrected chi connectivity index (χ0v) is 36.8. The molecule has 0 rings (SSSR count). The van der Waals surface area contributed by atoms with Gasteiger partial charge in [-0.2, -0.15) is 0 Å². The molecule has 0 saturated carbocycles. The van der Waals surface area contributed by atoms with Gasteiger partial charge in [0.1, 0.15) is 19.8 Å². The molecule has 0 aromatic heterocycles. The third kappa shape index (κ3) is 41.1. The molecule has 2 unspecified atom stereocenters. The lowest BCUT2D eigenvalue weighted by molar-refractivity contribution is -0.870. The molecular weight excluding hydrogens is 725 g/mol. The Balaban J connectivity index is 4.55. The summed E-state index contributed by atoms with van der Waals surface area (Å²) in [7, 11) is 1.23. The number of hydrogen-bond donors (Lipinski definition) is 1. The molecule has 9 nitrogen and oxygen atoms in total. The van der Waals surface area contributed by atoms with Gasteiger partial charge < -0.3 is 33.0 Å². The van der Waals surface area contributed by atoms with E-state index in [1.54, 1.807) is 12.2 Å². The fourth-order valence-corrected chi connectivity index (χ4v) is 5.96. The number of phosphoric acid groups is 1. The van der Waals surface area contributed by atoms with Crippen LogP contribution in [0.1, 0.15) is 142 Å². The van der Waals surface area contributed by atoms with Crippen molar-refractivity contribution in [3.05, 3.63) is 85.3 Å². The van der Waals surface area contributed by atoms with Crippen LogP contribution >= 0.6 is 7.82 Å². The number of allylic oxidation sites excluding steroid dienone is 12. The third-order valence-corrected chi connectivity index (χ3v) is 9.63. The molecule has 1 N–H and O–H groups in total. The van der Waals surface area contributed by atoms with Gasteiger partial charge in [0.05, 0.1) is 40.1 Å². The maximum Gasteiger partial charge on any atom is 0.306 e. The molecule has 322 valence electrons. The van der Waals surface area contributed by atoms with Gasteiger partial charge in [0, 0.05) is 6.42 Å². The highest BCUT2D eigenvalue weighted by Gasteiger charge is 2.19. The number of aliphatic hydroxyl groups excluding tert-OH is 1. The van der Waals surface area contributed by atoms with Gasteiger partial charge in [0.15, 0.2) is 6.10 Å². The normalized spacial score (nSPS) is 15.1. The number of likely N-dealkylation sites (N-methyl/N-ethyl adjacent to an activating group) is 1. The van der Waals surface area contributed by atoms with Crippen molar-refractivity contribution in [1.29, 1.82) is 0 Å². The van der Waals surface area contributed by atoms with Crippen LogP contribution in [-0.2, 0) is 27.9 Å². The highest BCUT2D eigenvalue weighted by Crippen LogP contribution is 2.38. The van der Waals surface area contributed by atoms with Gasteiger partial charge in [-0.05, 0) is 57.4 Å². The van der Waals surface area contributed by atoms with E-state index >= 15 is 0 Å². The van der Waals surface area contributed by atoms with Crippen molar-refractivity contribution < 1.29 is 42.4 Å². The Morgan fingerprint density at radius 2 is 1.23 bits per heavy atom. The Kier molecular flexibility index (Phi) is 36.3. The van der Waals surface area contributed by atoms with Gasteiger partial charge in [-0.3, -0.25) is 9.36 Å². The van der Waals surface area contributed by atoms with Crippen molar-refractivity contribution in [2.75, 3.05) is 47.5 Å². The molecule has 0 fully saturated rings. The zero-order chi connectivity index (χ0) is 41.4. The molecule has 0 bridgehead atoms. The highest BCUT2D eigenvalue weighted by molar-refractivity contribution is 7.45. The maximum atomic E-state index is 12.5. The predicted molar refractivity (Wildman–Crippen MR) is 232 cm³/mol. The SMILES string of the molecule is CC/C=C\C/C=C\C/C=C\C/C=C\C/C=C\C=C/C(O)CCC(=O)OC[C@H](COP(=O)([O-])OCC[N+](C)(C)C)O/C=C/CCCCCCCCCCCCCC. The summed E-state index contributed by atoms with van der Waals surface area (Å²) >= 11 is 0. The van der Waals surface area contributed by atoms with E-state index in [9.17, 15) is 19.4 Å². The van der Waals surface area contributed by atoms with Crippen LogP contribution in [-0.4, -0.2) is 75.3 Å². The number of phosphoric ester groups is 1. The largest absolute Gasteiger partial charge is 0.756 e. The summed E-state index contributed by atoms with van der Waals surface area (Å²) in [6.45, 7) is 4.30. The molecule has 0 aliphatic heterocycles. The molecule has 0 amide bonds. The summed E-state index contributed by atoms with van der Waals surface area (Å²) in [5.74, 6) is -0.522. The van der Waals surface area contributed by atoms with Crippen LogP contribution < -0.4 is 4.89 Å². The smallest absolute Gasteiger partial charge is 0.306 e. The molecule has 10 heteroatoms. The summed E-state index contributed by atoms with van der Waals surface area (Å²) < 4.78 is 34.1. The van der Waals surface area contributed by atoms with E-state index in [0.29, 0.717) is 11.0 Å². The minimum absolute atomic E-state index is 0.00619. The minimum Gasteiger partial charge on any atom is -0.756 e. The van der Waals surface area contributed by atoms with Crippen LogP contribution in [0.4, 0.5) is 0 Å². The van der Waals surface area contributed by atoms with Gasteiger partial charge in [-0.1, -0.05) is 157 Å². The van der Waals surface area contributed by atoms with Crippen molar-refractivity contribution in [2.24, 2.45) is 0 Å². The number of unbranched alkanes of at least 4 members (excludes halogenated alkanes) is 12. The standard InChI is InChI=1S/C46H80NO8P/c1-6-8-10-12-14-16-18-20-22-23-24-26-28-30-32-34-36-44(48)37-38-46(49)53-42-45(43-55-56(50,51)54-41-39-47(3,4)5)52-40-35-33-31-29-27-25-21-19-17-15-13-11-9-7-2/h8,10,14,16,20,22,24,26,30,32,34-36,40,44-45,48H,6-7,9,11-13,15,17-19,21,23,25,27-29,31,33,37-39,41-43H2,1-5H3/b10-8-,16-14-,22-20-,26-24-,32-30-,36-34-,40-35+/t44?,45-/m1/s1. The number of carbonyl (C=O) groups excluding carboxylic acids is 1. The van der Waals surface area contributed by atoms with E-state index in [1.165, 1.54) is 70.5 Å². The third-order valence-electron chi connectivity index (χ3n) is 8.67. The zero-order valence-electron chi connectivity index (χ0n) is 35.9. The molecular formula is C46H80NO8P. The molecule has 0 aromatic rings. The van der Waals surface area contributed by atoms with Crippen LogP contribution in [0.15, 0.2) is 85.3 Å². The molecule has 0 saturated heterocycles. The molecule has 0 heterocycles. The topological polar surface area (TPSA) is 114 Å². The van der Waals surface area contributed by atoms with E-state index in [1.807, 2.05) is 39.4 Å². The number of quaternary nitrogens is 1. The molecule has 3 atom stereocenters. The average Bonchev–Trinajstić information content (AvgIpc) is 3.15. The Bertz CT molecular complexity index is 1180. The van der Waals surface area contributed by atoms with E-state index in [2.05, 4.69) is 62.5 Å². The van der Waals surface area contributed by atoms with Crippen molar-refractivity contribution in [2.45, 2.75) is 154 Å². The van der Waals surface area contributed by atoms with E-state index in [4.69, 9.17) is 18.5 Å². The van der Waals surface area contributed by atoms with E-state index in [0.717, 1.165) is 51.4 Å². The average molecular weight is 806 g/mol. The molecule has 0 spiro atoms. The number of ether oxygens (including phenoxy) is 2. The Morgan fingerprint density at radius 3 is 1.79 bits per heavy atom. The van der Waals surface area contributed by atoms with Crippen LogP contribution in [0.2, 0.25) is 0 Å². The number of carbonyl (C=O) groups is 1. The summed E-state index contributed by atoms with van der Waals surface area (Å²) in [6.07, 6.45) is 47.4. The number of hydrogen-bond acceptors (Lipinski definition) is 8. The Morgan fingerprint density at radius 1 is 0.696 bits per heavy atom. The van der Waals surface area contributed by atoms with Crippen LogP contribution in [0, 0.1) is 0 Å². The molecule has 56 heavy (non-hydrogen) atoms. The minimum atomic E-state index is -4.57. The first-order valence-electron chi connectivity index (χ1n) is 21.5. The number of esters is 1. The summed E-state index contributed by atoms with van der Waals surface area (Å²) in [5, 5.41) is 10.3. The number of rotatable bonds is 38. The number of aliphatic hydroxyl groups is 1. The lowest BCUT2D eigenvalue weighted by atomic mass is 10.0. The Hall–Kier alpha value is -2.52. The van der Waals surface area contributed by atoms with Crippen molar-refractivity contribution in [3.63, 3.8) is 0 Å². The monoisotopic (exact) mass is 806 g/mol. The fourth-order valence-electron chi connectivity index (χ4n) is 5.23. The van der Waals surface area contributed by atoms with Crippen LogP contribution in [0.5, 0.6) is 0 Å². The Labute approximate surface area is 342 Å². The molecule has 0 aliphatic carbocycles. The second-order valence-corrected chi connectivity index (χ2v) is 16.6. The molecule has 0 radical (unpaired) electrons. The second kappa shape index (κ2) is 38.0. The van der Waals surface area contributed by atoms with Crippen LogP contribution in [0.3, 0.4) is 0 Å². The molecule has 0 aliphatic rings. The first kappa shape index (κ1) is 53.5. The van der Waals surface area contributed by atoms with Crippen LogP contribution in [0.25, 0.3) is 0 Å². The van der Waals surface area contributed by atoms with Gasteiger partial charge in [0.25, 0.3) is 7.82 Å². The van der Waals surface area contributed by atoms with Gasteiger partial charge >= 0.3 is 5.97 Å². The second-order valence-electron chi connectivity index (χ2n) is 15.2. The van der Waals surface area contributed by atoms with E-state index in [-0.39, 0.29) is 32.7 Å². The van der Waals surface area contributed by atoms with E-state index < -0.39 is 26.0 Å². The maximum absolute atomic E-state index is 12.5. The fraction of sp³-hybridized carbons (Fsp3) is 0.674. The predicted octanol–water partition coefficient (Wildman–Crippen LogP) is 11.2. The summed E-state index contributed by atoms with van der Waals surface area (Å²) in [5.41, 5.74) is 0. The first-order chi connectivity index (χ1) is 27.0. The lowest BCUT2D eigenvalue weighted by Crippen LogP contribution is -2.37. The molecule has 0 aromatic carbocycles. The lowest BCUT2D eigenvalue weighted by Gasteiger charge is -2.28. The van der Waals surface area contributed by atoms with Crippen molar-refractivity contribution in [3.8, 4) is 0 Å². The first-order valence-corrected chi connectivity index (χ1v) is 22.9. The van der Waals surface area contributed by atoms with Gasteiger partial charge in [-0.15, -0.1) is 0 Å². The number of nitrogens with zero attached hydrogens (tertiary/aromatic N) is 1. The summed E-state index contributed by atoms with van der Waals surface area (Å²) in [6, 6.07) is 0. The summed E-state index contributed by atoms with van der Waals surface area (Å²) in [4.78, 5) is 24.8. The van der Waals surface area contributed by atoms with Crippen molar-refractivity contribution in [1.82, 2.24) is 0 Å². The highest BCUT2D eigenvalue weighted by atomic mass is 31.2. The van der Waals surface area contributed by atoms with Crippen molar-refractivity contribution >= 4 is 13.8 Å². The van der Waals surface area contributed by atoms with Gasteiger partial charge in [0.2, 0.25) is 0 Å².